The maximum absolute atomic E-state index is 10.9. The fourth-order valence-electron chi connectivity index (χ4n) is 4.05. The van der Waals surface area contributed by atoms with Crippen molar-refractivity contribution in [2.24, 2.45) is 9.98 Å². The Bertz CT molecular complexity index is 1070. The maximum atomic E-state index is 10.9. The second-order valence-corrected chi connectivity index (χ2v) is 6.68. The van der Waals surface area contributed by atoms with Crippen molar-refractivity contribution in [3.63, 3.8) is 0 Å². The van der Waals surface area contributed by atoms with Gasteiger partial charge >= 0.3 is 0 Å². The van der Waals surface area contributed by atoms with Gasteiger partial charge in [-0.2, -0.15) is 9.98 Å². The molecule has 0 aromatic heterocycles. The lowest BCUT2D eigenvalue weighted by atomic mass is 9.72. The number of carbonyl (C=O) groups excluding carboxylic acids is 2. The van der Waals surface area contributed by atoms with Crippen LogP contribution in [0.4, 0.5) is 11.4 Å². The van der Waals surface area contributed by atoms with Crippen LogP contribution in [0.2, 0.25) is 0 Å². The summed E-state index contributed by atoms with van der Waals surface area (Å²) in [5, 5.41) is 0. The van der Waals surface area contributed by atoms with Crippen LogP contribution in [0.1, 0.15) is 22.3 Å². The Balaban J connectivity index is 1.93. The van der Waals surface area contributed by atoms with E-state index in [9.17, 15) is 9.59 Å². The Kier molecular flexibility index (Phi) is 4.35. The molecule has 1 aliphatic carbocycles. The molecule has 130 valence electrons. The van der Waals surface area contributed by atoms with Gasteiger partial charge in [0.25, 0.3) is 0 Å². The molecule has 27 heavy (non-hydrogen) atoms. The topological polar surface area (TPSA) is 58.9 Å². The van der Waals surface area contributed by atoms with Gasteiger partial charge in [0, 0.05) is 5.41 Å². The summed E-state index contributed by atoms with van der Waals surface area (Å²) in [5.74, 6) is 0. The third-order valence-corrected chi connectivity index (χ3v) is 5.29. The number of isocyanates is 2. The molecule has 0 heterocycles. The predicted octanol–water partition coefficient (Wildman–Crippen LogP) is 4.71. The zero-order valence-corrected chi connectivity index (χ0v) is 14.6. The highest BCUT2D eigenvalue weighted by Gasteiger charge is 2.40. The monoisotopic (exact) mass is 352 g/mol. The first-order valence-corrected chi connectivity index (χ1v) is 8.69. The normalized spacial score (nSPS) is 13.9. The highest BCUT2D eigenvalue weighted by molar-refractivity contribution is 5.70. The molecule has 0 aliphatic heterocycles. The first kappa shape index (κ1) is 16.9. The van der Waals surface area contributed by atoms with Crippen molar-refractivity contribution < 1.29 is 9.59 Å². The summed E-state index contributed by atoms with van der Waals surface area (Å²) in [6.07, 6.45) is 4.78. The molecule has 1 aliphatic rings. The maximum Gasteiger partial charge on any atom is 0.240 e. The van der Waals surface area contributed by atoms with Crippen LogP contribution >= 0.6 is 0 Å². The van der Waals surface area contributed by atoms with Crippen LogP contribution in [0, 0.1) is 0 Å². The lowest BCUT2D eigenvalue weighted by Crippen LogP contribution is -2.28. The van der Waals surface area contributed by atoms with E-state index in [0.717, 1.165) is 18.4 Å². The molecule has 4 heteroatoms. The minimum absolute atomic E-state index is 0.262. The zero-order chi connectivity index (χ0) is 18.7. The van der Waals surface area contributed by atoms with Gasteiger partial charge in [0.1, 0.15) is 11.4 Å². The van der Waals surface area contributed by atoms with Crippen molar-refractivity contribution >= 4 is 23.5 Å². The van der Waals surface area contributed by atoms with Crippen LogP contribution < -0.4 is 0 Å². The van der Waals surface area contributed by atoms with E-state index >= 15 is 0 Å². The summed E-state index contributed by atoms with van der Waals surface area (Å²) in [5.41, 5.74) is 5.25. The van der Waals surface area contributed by atoms with Crippen molar-refractivity contribution in [2.45, 2.75) is 18.3 Å². The molecule has 0 N–H and O–H groups in total. The Morgan fingerprint density at radius 2 is 1.26 bits per heavy atom. The van der Waals surface area contributed by atoms with Gasteiger partial charge in [0.05, 0.1) is 0 Å². The van der Waals surface area contributed by atoms with Gasteiger partial charge in [-0.3, -0.25) is 0 Å². The number of rotatable bonds is 4. The quantitative estimate of drug-likeness (QED) is 0.504. The van der Waals surface area contributed by atoms with Gasteiger partial charge < -0.3 is 0 Å². The fourth-order valence-corrected chi connectivity index (χ4v) is 4.05. The number of fused-ring (bicyclic) bond motifs is 1. The summed E-state index contributed by atoms with van der Waals surface area (Å²) >= 11 is 0. The number of benzene rings is 3. The van der Waals surface area contributed by atoms with Gasteiger partial charge in [-0.25, -0.2) is 9.59 Å². The van der Waals surface area contributed by atoms with E-state index in [1.54, 1.807) is 12.1 Å². The minimum Gasteiger partial charge on any atom is -0.211 e. The van der Waals surface area contributed by atoms with Crippen molar-refractivity contribution in [2.75, 3.05) is 0 Å². The smallest absolute Gasteiger partial charge is 0.211 e. The number of nitrogens with zero attached hydrogens (tertiary/aromatic N) is 2. The Labute approximate surface area is 156 Å². The molecule has 0 bridgehead atoms. The molecule has 0 radical (unpaired) electrons. The van der Waals surface area contributed by atoms with E-state index in [2.05, 4.69) is 46.4 Å². The molecule has 0 unspecified atom stereocenters. The van der Waals surface area contributed by atoms with Gasteiger partial charge in [0.2, 0.25) is 12.2 Å². The van der Waals surface area contributed by atoms with Crippen LogP contribution in [0.25, 0.3) is 0 Å². The summed E-state index contributed by atoms with van der Waals surface area (Å²) < 4.78 is 0. The van der Waals surface area contributed by atoms with E-state index in [-0.39, 0.29) is 5.41 Å². The summed E-state index contributed by atoms with van der Waals surface area (Å²) in [6, 6.07) is 24.3. The zero-order valence-electron chi connectivity index (χ0n) is 14.6. The highest BCUT2D eigenvalue weighted by atomic mass is 16.1. The van der Waals surface area contributed by atoms with Gasteiger partial charge in [0.15, 0.2) is 0 Å². The second kappa shape index (κ2) is 6.97. The average molecular weight is 352 g/mol. The lowest BCUT2D eigenvalue weighted by Gasteiger charge is -2.31. The van der Waals surface area contributed by atoms with Gasteiger partial charge in [-0.1, -0.05) is 60.7 Å². The van der Waals surface area contributed by atoms with Crippen LogP contribution in [0.15, 0.2) is 82.8 Å². The van der Waals surface area contributed by atoms with E-state index in [0.29, 0.717) is 11.4 Å². The molecule has 3 aromatic rings. The van der Waals surface area contributed by atoms with Crippen LogP contribution in [-0.2, 0) is 27.8 Å². The molecular formula is C23H16N2O2. The predicted molar refractivity (Wildman–Crippen MR) is 103 cm³/mol. The van der Waals surface area contributed by atoms with Crippen molar-refractivity contribution in [3.05, 3.63) is 95.1 Å². The summed E-state index contributed by atoms with van der Waals surface area (Å²) in [4.78, 5) is 28.9. The largest absolute Gasteiger partial charge is 0.240 e. The van der Waals surface area contributed by atoms with E-state index in [4.69, 9.17) is 0 Å². The molecule has 0 amide bonds. The van der Waals surface area contributed by atoms with Crippen LogP contribution in [-0.4, -0.2) is 12.2 Å². The van der Waals surface area contributed by atoms with Crippen LogP contribution in [0.3, 0.4) is 0 Å². The third kappa shape index (κ3) is 2.94. The SMILES string of the molecule is O=C=Nc1ccc(C2(c3ccccc3)Cc3ccccc3C2)cc1N=C=O. The molecule has 0 spiro atoms. The molecule has 4 rings (SSSR count). The lowest BCUT2D eigenvalue weighted by molar-refractivity contribution is 0.548. The van der Waals surface area contributed by atoms with Crippen molar-refractivity contribution in [3.8, 4) is 0 Å². The van der Waals surface area contributed by atoms with Gasteiger partial charge in [-0.15, -0.1) is 0 Å². The number of aliphatic imine (C=N–C) groups is 2. The Morgan fingerprint density at radius 1 is 0.667 bits per heavy atom. The van der Waals surface area contributed by atoms with E-state index < -0.39 is 0 Å². The summed E-state index contributed by atoms with van der Waals surface area (Å²) in [7, 11) is 0. The van der Waals surface area contributed by atoms with E-state index in [1.807, 2.05) is 30.3 Å². The van der Waals surface area contributed by atoms with Crippen molar-refractivity contribution in [1.82, 2.24) is 0 Å². The number of hydrogen-bond acceptors (Lipinski definition) is 4. The third-order valence-electron chi connectivity index (χ3n) is 5.29. The standard InChI is InChI=1S/C23H16N2O2/c26-15-24-21-11-10-20(12-22(21)25-16-27)23(19-8-2-1-3-9-19)13-17-6-4-5-7-18(17)14-23/h1-12H,13-14H2. The Morgan fingerprint density at radius 3 is 1.89 bits per heavy atom. The molecule has 4 nitrogen and oxygen atoms in total. The highest BCUT2D eigenvalue weighted by Crippen LogP contribution is 2.46. The molecular weight excluding hydrogens is 336 g/mol. The molecule has 0 saturated heterocycles. The average Bonchev–Trinajstić information content (AvgIpc) is 3.11. The first-order chi connectivity index (χ1) is 13.3. The van der Waals surface area contributed by atoms with Crippen LogP contribution in [0.5, 0.6) is 0 Å². The van der Waals surface area contributed by atoms with Gasteiger partial charge in [-0.05, 0) is 47.2 Å². The molecule has 0 atom stereocenters. The minimum atomic E-state index is -0.262. The first-order valence-electron chi connectivity index (χ1n) is 8.69. The Hall–Kier alpha value is -3.58. The number of hydrogen-bond donors (Lipinski definition) is 0. The second-order valence-electron chi connectivity index (χ2n) is 6.68. The van der Waals surface area contributed by atoms with Crippen molar-refractivity contribution in [1.29, 1.82) is 0 Å². The van der Waals surface area contributed by atoms with E-state index in [1.165, 1.54) is 22.8 Å². The summed E-state index contributed by atoms with van der Waals surface area (Å²) in [6.45, 7) is 0. The molecule has 3 aromatic carbocycles. The molecule has 0 saturated carbocycles. The fraction of sp³-hybridized carbons (Fsp3) is 0.130. The molecule has 0 fully saturated rings.